The quantitative estimate of drug-likeness (QED) is 0.674. The van der Waals surface area contributed by atoms with Gasteiger partial charge in [-0.3, -0.25) is 0 Å². The second-order valence-corrected chi connectivity index (χ2v) is 4.69. The Labute approximate surface area is 108 Å². The molecule has 1 aromatic carbocycles. The Hall–Kier alpha value is -2.32. The van der Waals surface area contributed by atoms with Crippen molar-refractivity contribution in [3.8, 4) is 6.07 Å². The molecule has 5 heteroatoms. The van der Waals surface area contributed by atoms with Crippen molar-refractivity contribution < 1.29 is 0 Å². The monoisotopic (exact) mass is 252 g/mol. The van der Waals surface area contributed by atoms with Crippen molar-refractivity contribution in [2.75, 3.05) is 5.32 Å². The molecule has 0 amide bonds. The number of aromatic nitrogens is 2. The summed E-state index contributed by atoms with van der Waals surface area (Å²) in [5.74, 6) is 0.774. The summed E-state index contributed by atoms with van der Waals surface area (Å²) in [4.78, 5) is 9.62. The lowest BCUT2D eigenvalue weighted by molar-refractivity contribution is 1.05. The maximum atomic E-state index is 8.52. The minimum Gasteiger partial charge on any atom is -0.337 e. The van der Waals surface area contributed by atoms with Crippen molar-refractivity contribution in [3.05, 3.63) is 42.2 Å². The predicted octanol–water partition coefficient (Wildman–Crippen LogP) is 3.22. The summed E-state index contributed by atoms with van der Waals surface area (Å²) in [6.07, 6.45) is 6.59. The standard InChI is InChI=1S/C13H8N4S/c14-5-1-2-9-3-4-11-10(8-9)17-12-13(18-11)16-7-6-15-12/h1-4,6-8H,(H,15,17)/b2-1+. The van der Waals surface area contributed by atoms with E-state index in [9.17, 15) is 0 Å². The SMILES string of the molecule is N#C/C=C/c1ccc2c(c1)Nc1nccnc1S2. The zero-order valence-corrected chi connectivity index (χ0v) is 10.1. The number of anilines is 2. The Morgan fingerprint density at radius 3 is 3.06 bits per heavy atom. The number of rotatable bonds is 1. The van der Waals surface area contributed by atoms with Crippen LogP contribution in [-0.2, 0) is 0 Å². The lowest BCUT2D eigenvalue weighted by atomic mass is 10.2. The fourth-order valence-electron chi connectivity index (χ4n) is 1.69. The maximum absolute atomic E-state index is 8.52. The Morgan fingerprint density at radius 1 is 1.28 bits per heavy atom. The number of hydrogen-bond donors (Lipinski definition) is 1. The van der Waals surface area contributed by atoms with Crippen LogP contribution in [0.4, 0.5) is 11.5 Å². The van der Waals surface area contributed by atoms with Crippen LogP contribution in [-0.4, -0.2) is 9.97 Å². The van der Waals surface area contributed by atoms with Gasteiger partial charge in [-0.15, -0.1) is 0 Å². The molecule has 2 heterocycles. The van der Waals surface area contributed by atoms with Gasteiger partial charge in [-0.2, -0.15) is 5.26 Å². The van der Waals surface area contributed by atoms with Crippen LogP contribution in [0, 0.1) is 11.3 Å². The van der Waals surface area contributed by atoms with Gasteiger partial charge in [0.05, 0.1) is 11.8 Å². The van der Waals surface area contributed by atoms with E-state index in [0.29, 0.717) is 0 Å². The fraction of sp³-hybridized carbons (Fsp3) is 0. The molecule has 86 valence electrons. The van der Waals surface area contributed by atoms with Crippen LogP contribution in [0.25, 0.3) is 6.08 Å². The highest BCUT2D eigenvalue weighted by atomic mass is 32.2. The minimum atomic E-state index is 0.774. The smallest absolute Gasteiger partial charge is 0.163 e. The first-order valence-corrected chi connectivity index (χ1v) is 6.14. The van der Waals surface area contributed by atoms with Crippen LogP contribution in [0.15, 0.2) is 46.6 Å². The molecule has 2 aromatic rings. The first kappa shape index (κ1) is 10.8. The number of fused-ring (bicyclic) bond motifs is 2. The summed E-state index contributed by atoms with van der Waals surface area (Å²) in [5.41, 5.74) is 1.98. The zero-order chi connectivity index (χ0) is 12.4. The Bertz CT molecular complexity index is 673. The molecule has 0 radical (unpaired) electrons. The summed E-state index contributed by atoms with van der Waals surface area (Å²) in [6.45, 7) is 0. The highest BCUT2D eigenvalue weighted by molar-refractivity contribution is 7.99. The van der Waals surface area contributed by atoms with E-state index in [4.69, 9.17) is 5.26 Å². The number of benzene rings is 1. The van der Waals surface area contributed by atoms with Crippen LogP contribution in [0.3, 0.4) is 0 Å². The molecule has 3 rings (SSSR count). The number of hydrogen-bond acceptors (Lipinski definition) is 5. The molecule has 0 unspecified atom stereocenters. The molecule has 0 bridgehead atoms. The van der Waals surface area contributed by atoms with Gasteiger partial charge < -0.3 is 5.32 Å². The van der Waals surface area contributed by atoms with E-state index in [2.05, 4.69) is 15.3 Å². The summed E-state index contributed by atoms with van der Waals surface area (Å²) in [5, 5.41) is 12.6. The normalized spacial score (nSPS) is 12.4. The average Bonchev–Trinajstić information content (AvgIpc) is 2.42. The largest absolute Gasteiger partial charge is 0.337 e. The lowest BCUT2D eigenvalue weighted by Crippen LogP contribution is -2.03. The van der Waals surface area contributed by atoms with Gasteiger partial charge in [0, 0.05) is 23.4 Å². The van der Waals surface area contributed by atoms with E-state index in [1.165, 1.54) is 6.08 Å². The summed E-state index contributed by atoms with van der Waals surface area (Å²) in [6, 6.07) is 7.97. The number of nitrogens with zero attached hydrogens (tertiary/aromatic N) is 3. The Balaban J connectivity index is 1.99. The Morgan fingerprint density at radius 2 is 2.17 bits per heavy atom. The molecule has 0 saturated heterocycles. The zero-order valence-electron chi connectivity index (χ0n) is 9.29. The summed E-state index contributed by atoms with van der Waals surface area (Å²) in [7, 11) is 0. The molecular weight excluding hydrogens is 244 g/mol. The van der Waals surface area contributed by atoms with Crippen molar-refractivity contribution in [1.29, 1.82) is 5.26 Å². The first-order valence-electron chi connectivity index (χ1n) is 5.33. The van der Waals surface area contributed by atoms with Crippen molar-refractivity contribution >= 4 is 29.3 Å². The molecule has 4 nitrogen and oxygen atoms in total. The molecule has 0 saturated carbocycles. The van der Waals surface area contributed by atoms with E-state index in [1.807, 2.05) is 24.3 Å². The summed E-state index contributed by atoms with van der Waals surface area (Å²) < 4.78 is 0. The molecule has 1 N–H and O–H groups in total. The van der Waals surface area contributed by atoms with E-state index in [-0.39, 0.29) is 0 Å². The van der Waals surface area contributed by atoms with Gasteiger partial charge in [0.2, 0.25) is 0 Å². The topological polar surface area (TPSA) is 61.6 Å². The van der Waals surface area contributed by atoms with Gasteiger partial charge in [-0.25, -0.2) is 9.97 Å². The molecule has 1 aromatic heterocycles. The third-order valence-corrected chi connectivity index (χ3v) is 3.55. The first-order chi connectivity index (χ1) is 8.86. The fourth-order valence-corrected chi connectivity index (χ4v) is 2.57. The highest BCUT2D eigenvalue weighted by Gasteiger charge is 2.17. The van der Waals surface area contributed by atoms with Crippen LogP contribution in [0.2, 0.25) is 0 Å². The number of nitrogens with one attached hydrogen (secondary N) is 1. The van der Waals surface area contributed by atoms with E-state index < -0.39 is 0 Å². The lowest BCUT2D eigenvalue weighted by Gasteiger charge is -2.18. The van der Waals surface area contributed by atoms with E-state index in [1.54, 1.807) is 30.2 Å². The van der Waals surface area contributed by atoms with Crippen LogP contribution >= 0.6 is 11.8 Å². The van der Waals surface area contributed by atoms with E-state index in [0.717, 1.165) is 27.0 Å². The van der Waals surface area contributed by atoms with Gasteiger partial charge >= 0.3 is 0 Å². The van der Waals surface area contributed by atoms with Gasteiger partial charge in [0.25, 0.3) is 0 Å². The van der Waals surface area contributed by atoms with E-state index >= 15 is 0 Å². The van der Waals surface area contributed by atoms with Crippen molar-refractivity contribution in [3.63, 3.8) is 0 Å². The average molecular weight is 252 g/mol. The number of allylic oxidation sites excluding steroid dienone is 1. The Kier molecular flexibility index (Phi) is 2.71. The minimum absolute atomic E-state index is 0.774. The van der Waals surface area contributed by atoms with Crippen LogP contribution in [0.1, 0.15) is 5.56 Å². The van der Waals surface area contributed by atoms with Crippen molar-refractivity contribution in [2.45, 2.75) is 9.92 Å². The molecule has 0 atom stereocenters. The molecule has 0 spiro atoms. The van der Waals surface area contributed by atoms with Gasteiger partial charge in [0.1, 0.15) is 5.03 Å². The molecule has 0 aliphatic carbocycles. The molecule has 1 aliphatic heterocycles. The molecule has 18 heavy (non-hydrogen) atoms. The second-order valence-electron chi connectivity index (χ2n) is 3.66. The maximum Gasteiger partial charge on any atom is 0.163 e. The number of nitriles is 1. The highest BCUT2D eigenvalue weighted by Crippen LogP contribution is 2.42. The molecular formula is C13H8N4S. The molecule has 0 fully saturated rings. The van der Waals surface area contributed by atoms with Crippen LogP contribution in [0.5, 0.6) is 0 Å². The van der Waals surface area contributed by atoms with Crippen LogP contribution < -0.4 is 5.32 Å². The second kappa shape index (κ2) is 4.51. The third kappa shape index (κ3) is 1.94. The van der Waals surface area contributed by atoms with Gasteiger partial charge in [-0.05, 0) is 23.8 Å². The predicted molar refractivity (Wildman–Crippen MR) is 70.5 cm³/mol. The summed E-state index contributed by atoms with van der Waals surface area (Å²) >= 11 is 1.59. The third-order valence-electron chi connectivity index (χ3n) is 2.48. The van der Waals surface area contributed by atoms with Gasteiger partial charge in [-0.1, -0.05) is 17.8 Å². The van der Waals surface area contributed by atoms with Crippen molar-refractivity contribution in [2.24, 2.45) is 0 Å². The van der Waals surface area contributed by atoms with Crippen molar-refractivity contribution in [1.82, 2.24) is 9.97 Å². The van der Waals surface area contributed by atoms with Gasteiger partial charge in [0.15, 0.2) is 5.82 Å². The molecule has 1 aliphatic rings.